The van der Waals surface area contributed by atoms with Crippen LogP contribution in [0.3, 0.4) is 0 Å². The first-order valence-electron chi connectivity index (χ1n) is 6.19. The van der Waals surface area contributed by atoms with Crippen LogP contribution >= 0.6 is 23.2 Å². The first-order valence-corrected chi connectivity index (χ1v) is 6.95. The van der Waals surface area contributed by atoms with E-state index in [1.54, 1.807) is 29.1 Å². The quantitative estimate of drug-likeness (QED) is 0.682. The van der Waals surface area contributed by atoms with E-state index in [1.165, 1.54) is 6.33 Å². The molecular weight excluding hydrogens is 307 g/mol. The minimum Gasteiger partial charge on any atom is -0.200 e. The SMILES string of the molecule is Clc1cccc(Cl)c1/C=N\n1cnnc1-c1ccccc1. The van der Waals surface area contributed by atoms with Crippen LogP contribution in [0.4, 0.5) is 0 Å². The average molecular weight is 317 g/mol. The maximum Gasteiger partial charge on any atom is 0.184 e. The molecule has 104 valence electrons. The molecule has 0 saturated heterocycles. The predicted octanol–water partition coefficient (Wildman–Crippen LogP) is 4.13. The molecule has 4 nitrogen and oxygen atoms in total. The fraction of sp³-hybridized carbons (Fsp3) is 0. The van der Waals surface area contributed by atoms with Crippen LogP contribution in [0.15, 0.2) is 60.0 Å². The lowest BCUT2D eigenvalue weighted by Crippen LogP contribution is -1.94. The van der Waals surface area contributed by atoms with Crippen LogP contribution in [0.25, 0.3) is 11.4 Å². The maximum absolute atomic E-state index is 6.11. The van der Waals surface area contributed by atoms with Crippen molar-refractivity contribution in [2.75, 3.05) is 0 Å². The summed E-state index contributed by atoms with van der Waals surface area (Å²) in [5.74, 6) is 0.648. The van der Waals surface area contributed by atoms with E-state index in [-0.39, 0.29) is 0 Å². The van der Waals surface area contributed by atoms with Gasteiger partial charge < -0.3 is 0 Å². The molecule has 0 unspecified atom stereocenters. The Morgan fingerprint density at radius 3 is 2.38 bits per heavy atom. The Morgan fingerprint density at radius 1 is 0.952 bits per heavy atom. The second-order valence-corrected chi connectivity index (χ2v) is 5.06. The summed E-state index contributed by atoms with van der Waals surface area (Å²) in [7, 11) is 0. The number of rotatable bonds is 3. The molecular formula is C15H10Cl2N4. The highest BCUT2D eigenvalue weighted by Crippen LogP contribution is 2.22. The highest BCUT2D eigenvalue weighted by atomic mass is 35.5. The van der Waals surface area contributed by atoms with Crippen LogP contribution in [0.1, 0.15) is 5.56 Å². The van der Waals surface area contributed by atoms with E-state index in [1.807, 2.05) is 30.3 Å². The minimum atomic E-state index is 0.542. The van der Waals surface area contributed by atoms with Gasteiger partial charge in [-0.3, -0.25) is 0 Å². The molecule has 0 atom stereocenters. The van der Waals surface area contributed by atoms with Gasteiger partial charge in [0.05, 0.1) is 16.3 Å². The lowest BCUT2D eigenvalue weighted by molar-refractivity contribution is 0.888. The average Bonchev–Trinajstić information content (AvgIpc) is 2.96. The summed E-state index contributed by atoms with van der Waals surface area (Å²) in [6, 6.07) is 15.0. The van der Waals surface area contributed by atoms with Gasteiger partial charge in [-0.2, -0.15) is 9.78 Å². The number of halogens is 2. The first-order chi connectivity index (χ1) is 10.3. The van der Waals surface area contributed by atoms with Crippen LogP contribution in [-0.4, -0.2) is 21.1 Å². The molecule has 0 fully saturated rings. The zero-order valence-electron chi connectivity index (χ0n) is 10.8. The van der Waals surface area contributed by atoms with E-state index in [4.69, 9.17) is 23.2 Å². The van der Waals surface area contributed by atoms with Crippen LogP contribution in [0.5, 0.6) is 0 Å². The summed E-state index contributed by atoms with van der Waals surface area (Å²) >= 11 is 12.2. The van der Waals surface area contributed by atoms with Crippen molar-refractivity contribution in [3.05, 3.63) is 70.5 Å². The van der Waals surface area contributed by atoms with Gasteiger partial charge in [0.15, 0.2) is 5.82 Å². The summed E-state index contributed by atoms with van der Waals surface area (Å²) in [5.41, 5.74) is 1.59. The molecule has 6 heteroatoms. The van der Waals surface area contributed by atoms with Crippen molar-refractivity contribution in [3.63, 3.8) is 0 Å². The van der Waals surface area contributed by atoms with E-state index in [2.05, 4.69) is 15.3 Å². The second-order valence-electron chi connectivity index (χ2n) is 4.25. The van der Waals surface area contributed by atoms with Crippen LogP contribution < -0.4 is 0 Å². The Balaban J connectivity index is 1.97. The largest absolute Gasteiger partial charge is 0.200 e. The molecule has 1 aromatic heterocycles. The minimum absolute atomic E-state index is 0.542. The number of hydrogen-bond acceptors (Lipinski definition) is 3. The van der Waals surface area contributed by atoms with Gasteiger partial charge in [0.25, 0.3) is 0 Å². The van der Waals surface area contributed by atoms with Crippen LogP contribution in [-0.2, 0) is 0 Å². The van der Waals surface area contributed by atoms with Gasteiger partial charge in [-0.15, -0.1) is 10.2 Å². The Hall–Kier alpha value is -2.17. The standard InChI is InChI=1S/C15H10Cl2N4/c16-13-7-4-8-14(17)12(13)9-19-21-10-18-20-15(21)11-5-2-1-3-6-11/h1-10H/b19-9-. The highest BCUT2D eigenvalue weighted by Gasteiger charge is 2.06. The molecule has 21 heavy (non-hydrogen) atoms. The van der Waals surface area contributed by atoms with E-state index in [0.29, 0.717) is 21.4 Å². The third-order valence-electron chi connectivity index (χ3n) is 2.87. The number of aromatic nitrogens is 3. The lowest BCUT2D eigenvalue weighted by Gasteiger charge is -2.02. The Morgan fingerprint density at radius 2 is 1.67 bits per heavy atom. The lowest BCUT2D eigenvalue weighted by atomic mass is 10.2. The van der Waals surface area contributed by atoms with E-state index in [0.717, 1.165) is 5.56 Å². The summed E-state index contributed by atoms with van der Waals surface area (Å²) < 4.78 is 1.58. The van der Waals surface area contributed by atoms with E-state index >= 15 is 0 Å². The number of hydrogen-bond donors (Lipinski definition) is 0. The molecule has 2 aromatic carbocycles. The molecule has 0 aliphatic carbocycles. The third-order valence-corrected chi connectivity index (χ3v) is 3.53. The molecule has 0 aliphatic rings. The second kappa shape index (κ2) is 6.08. The van der Waals surface area contributed by atoms with Gasteiger partial charge in [0, 0.05) is 11.1 Å². The van der Waals surface area contributed by atoms with Gasteiger partial charge in [0.1, 0.15) is 6.33 Å². The molecule has 0 amide bonds. The fourth-order valence-electron chi connectivity index (χ4n) is 1.85. The molecule has 0 saturated carbocycles. The van der Waals surface area contributed by atoms with Gasteiger partial charge >= 0.3 is 0 Å². The van der Waals surface area contributed by atoms with E-state index < -0.39 is 0 Å². The number of nitrogens with zero attached hydrogens (tertiary/aromatic N) is 4. The van der Waals surface area contributed by atoms with Crippen molar-refractivity contribution in [1.82, 2.24) is 14.9 Å². The predicted molar refractivity (Wildman–Crippen MR) is 84.9 cm³/mol. The van der Waals surface area contributed by atoms with Gasteiger partial charge in [-0.1, -0.05) is 59.6 Å². The highest BCUT2D eigenvalue weighted by molar-refractivity contribution is 6.38. The zero-order valence-corrected chi connectivity index (χ0v) is 12.3. The van der Waals surface area contributed by atoms with Crippen molar-refractivity contribution in [3.8, 4) is 11.4 Å². The fourth-order valence-corrected chi connectivity index (χ4v) is 2.34. The first kappa shape index (κ1) is 13.8. The summed E-state index contributed by atoms with van der Waals surface area (Å²) in [6.07, 6.45) is 3.13. The third kappa shape index (κ3) is 2.96. The normalized spacial score (nSPS) is 11.1. The van der Waals surface area contributed by atoms with Crippen molar-refractivity contribution in [2.45, 2.75) is 0 Å². The topological polar surface area (TPSA) is 43.1 Å². The van der Waals surface area contributed by atoms with Crippen LogP contribution in [0.2, 0.25) is 10.0 Å². The van der Waals surface area contributed by atoms with Gasteiger partial charge in [-0.25, -0.2) is 0 Å². The van der Waals surface area contributed by atoms with Gasteiger partial charge in [-0.05, 0) is 12.1 Å². The number of benzene rings is 2. The molecule has 0 spiro atoms. The molecule has 0 bridgehead atoms. The van der Waals surface area contributed by atoms with Crippen LogP contribution in [0, 0.1) is 0 Å². The molecule has 0 N–H and O–H groups in total. The Bertz CT molecular complexity index is 761. The molecule has 1 heterocycles. The van der Waals surface area contributed by atoms with E-state index in [9.17, 15) is 0 Å². The van der Waals surface area contributed by atoms with Gasteiger partial charge in [0.2, 0.25) is 0 Å². The monoisotopic (exact) mass is 316 g/mol. The Labute approximate surface area is 131 Å². The zero-order chi connectivity index (χ0) is 14.7. The van der Waals surface area contributed by atoms with Crippen molar-refractivity contribution in [1.29, 1.82) is 0 Å². The Kier molecular flexibility index (Phi) is 3.99. The van der Waals surface area contributed by atoms with Crippen molar-refractivity contribution >= 4 is 29.4 Å². The molecule has 3 aromatic rings. The smallest absolute Gasteiger partial charge is 0.184 e. The maximum atomic E-state index is 6.11. The van der Waals surface area contributed by atoms with Crippen molar-refractivity contribution in [2.24, 2.45) is 5.10 Å². The summed E-state index contributed by atoms with van der Waals surface area (Å²) in [4.78, 5) is 0. The molecule has 0 radical (unpaired) electrons. The molecule has 3 rings (SSSR count). The summed E-state index contributed by atoms with van der Waals surface area (Å²) in [6.45, 7) is 0. The summed E-state index contributed by atoms with van der Waals surface area (Å²) in [5, 5.41) is 13.4. The van der Waals surface area contributed by atoms with Crippen molar-refractivity contribution < 1.29 is 0 Å². The molecule has 0 aliphatic heterocycles.